The number of esters is 1. The van der Waals surface area contributed by atoms with Gasteiger partial charge in [-0.25, -0.2) is 0 Å². The third kappa shape index (κ3) is 7.52. The minimum absolute atomic E-state index is 0.244. The van der Waals surface area contributed by atoms with Crippen molar-refractivity contribution in [3.63, 3.8) is 0 Å². The van der Waals surface area contributed by atoms with E-state index in [4.69, 9.17) is 14.5 Å². The van der Waals surface area contributed by atoms with Gasteiger partial charge in [0.2, 0.25) is 0 Å². The third-order valence-corrected chi connectivity index (χ3v) is 3.73. The van der Waals surface area contributed by atoms with E-state index < -0.39 is 19.6 Å². The molecule has 0 aromatic heterocycles. The van der Waals surface area contributed by atoms with Crippen molar-refractivity contribution in [2.24, 2.45) is 0 Å². The van der Waals surface area contributed by atoms with Gasteiger partial charge in [0.25, 0.3) is 0 Å². The number of ether oxygens (including phenoxy) is 1. The van der Waals surface area contributed by atoms with E-state index in [0.29, 0.717) is 12.1 Å². The van der Waals surface area contributed by atoms with Crippen LogP contribution >= 0.6 is 7.60 Å². The van der Waals surface area contributed by atoms with E-state index in [1.807, 2.05) is 30.3 Å². The highest BCUT2D eigenvalue weighted by atomic mass is 31.2. The van der Waals surface area contributed by atoms with Crippen LogP contribution in [0.4, 0.5) is 0 Å². The Morgan fingerprint density at radius 3 is 2.55 bits per heavy atom. The zero-order valence-corrected chi connectivity index (χ0v) is 13.6. The van der Waals surface area contributed by atoms with Crippen molar-refractivity contribution in [2.45, 2.75) is 26.4 Å². The summed E-state index contributed by atoms with van der Waals surface area (Å²) in [6, 6.07) is 8.78. The third-order valence-electron chi connectivity index (χ3n) is 2.82. The van der Waals surface area contributed by atoms with Crippen molar-refractivity contribution >= 4 is 13.6 Å². The van der Waals surface area contributed by atoms with Crippen LogP contribution < -0.4 is 5.32 Å². The first-order valence-corrected chi connectivity index (χ1v) is 8.77. The van der Waals surface area contributed by atoms with E-state index in [1.165, 1.54) is 6.08 Å². The van der Waals surface area contributed by atoms with E-state index in [-0.39, 0.29) is 12.8 Å². The number of allylic oxidation sites excluding steroid dienone is 1. The quantitative estimate of drug-likeness (QED) is 0.383. The Bertz CT molecular complexity index is 552. The second-order valence-corrected chi connectivity index (χ2v) is 6.58. The summed E-state index contributed by atoms with van der Waals surface area (Å²) in [6.45, 7) is 3.98. The summed E-state index contributed by atoms with van der Waals surface area (Å²) in [5, 5.41) is 3.03. The Morgan fingerprint density at radius 2 is 2.00 bits per heavy atom. The van der Waals surface area contributed by atoms with Gasteiger partial charge in [-0.3, -0.25) is 14.7 Å². The summed E-state index contributed by atoms with van der Waals surface area (Å²) in [7, 11) is -4.15. The molecule has 1 rings (SSSR count). The Morgan fingerprint density at radius 1 is 1.36 bits per heavy atom. The molecule has 0 heterocycles. The van der Waals surface area contributed by atoms with Gasteiger partial charge in [0.1, 0.15) is 6.04 Å². The van der Waals surface area contributed by atoms with E-state index in [2.05, 4.69) is 5.32 Å². The lowest BCUT2D eigenvalue weighted by Crippen LogP contribution is -2.36. The number of carbonyl (C=O) groups is 1. The molecule has 1 atom stereocenters. The van der Waals surface area contributed by atoms with Crippen LogP contribution in [0.3, 0.4) is 0 Å². The molecule has 6 nitrogen and oxygen atoms in total. The van der Waals surface area contributed by atoms with Crippen LogP contribution in [0.2, 0.25) is 0 Å². The van der Waals surface area contributed by atoms with Gasteiger partial charge in [-0.05, 0) is 19.4 Å². The molecule has 122 valence electrons. The van der Waals surface area contributed by atoms with Gasteiger partial charge >= 0.3 is 13.6 Å². The first-order valence-electron chi connectivity index (χ1n) is 6.97. The Hall–Kier alpha value is -1.46. The number of carbonyl (C=O) groups excluding carboxylic acids is 1. The lowest BCUT2D eigenvalue weighted by atomic mass is 10.1. The summed E-state index contributed by atoms with van der Waals surface area (Å²) in [4.78, 5) is 29.9. The standard InChI is InChI=1S/C15H22NO5P/c1-3-21-15(17)14(9-12(2)11-22(18,19)20)16-10-13-7-5-4-6-8-13/h4-9,14,16H,3,10-11H2,1-2H3,(H2,18,19,20)/b12-9+. The number of nitrogens with one attached hydrogen (secondary N) is 1. The fourth-order valence-corrected chi connectivity index (χ4v) is 2.68. The molecular weight excluding hydrogens is 305 g/mol. The van der Waals surface area contributed by atoms with Gasteiger partial charge in [-0.1, -0.05) is 42.0 Å². The molecule has 22 heavy (non-hydrogen) atoms. The van der Waals surface area contributed by atoms with Crippen molar-refractivity contribution < 1.29 is 23.9 Å². The molecule has 0 fully saturated rings. The molecule has 0 saturated carbocycles. The summed E-state index contributed by atoms with van der Waals surface area (Å²) in [6.07, 6.45) is 1.12. The smallest absolute Gasteiger partial charge is 0.329 e. The molecule has 1 unspecified atom stereocenters. The van der Waals surface area contributed by atoms with Crippen molar-refractivity contribution in [1.29, 1.82) is 0 Å². The summed E-state index contributed by atoms with van der Waals surface area (Å²) < 4.78 is 16.0. The lowest BCUT2D eigenvalue weighted by molar-refractivity contribution is -0.144. The van der Waals surface area contributed by atoms with Gasteiger partial charge in [-0.2, -0.15) is 0 Å². The van der Waals surface area contributed by atoms with Crippen molar-refractivity contribution in [3.05, 3.63) is 47.5 Å². The first-order chi connectivity index (χ1) is 10.3. The SMILES string of the molecule is CCOC(=O)C(/C=C(\C)CP(=O)(O)O)NCc1ccccc1. The maximum absolute atomic E-state index is 11.9. The van der Waals surface area contributed by atoms with Crippen molar-refractivity contribution in [2.75, 3.05) is 12.8 Å². The van der Waals surface area contributed by atoms with Crippen LogP contribution in [-0.2, 0) is 20.6 Å². The average molecular weight is 327 g/mol. The fraction of sp³-hybridized carbons (Fsp3) is 0.400. The Kier molecular flexibility index (Phi) is 7.48. The monoisotopic (exact) mass is 327 g/mol. The van der Waals surface area contributed by atoms with Crippen LogP contribution in [0, 0.1) is 0 Å². The van der Waals surface area contributed by atoms with Crippen molar-refractivity contribution in [3.8, 4) is 0 Å². The van der Waals surface area contributed by atoms with Crippen molar-refractivity contribution in [1.82, 2.24) is 5.32 Å². The second-order valence-electron chi connectivity index (χ2n) is 4.93. The average Bonchev–Trinajstić information content (AvgIpc) is 2.42. The van der Waals surface area contributed by atoms with Gasteiger partial charge < -0.3 is 14.5 Å². The molecule has 0 spiro atoms. The molecule has 0 aliphatic rings. The van der Waals surface area contributed by atoms with Crippen LogP contribution in [0.15, 0.2) is 42.0 Å². The largest absolute Gasteiger partial charge is 0.465 e. The summed E-state index contributed by atoms with van der Waals surface area (Å²) in [5.74, 6) is -0.469. The van der Waals surface area contributed by atoms with Crippen LogP contribution in [0.1, 0.15) is 19.4 Å². The van der Waals surface area contributed by atoms with E-state index >= 15 is 0 Å². The Labute approximate surface area is 130 Å². The fourth-order valence-electron chi connectivity index (χ4n) is 1.93. The van der Waals surface area contributed by atoms with Crippen LogP contribution in [0.25, 0.3) is 0 Å². The zero-order chi connectivity index (χ0) is 16.6. The molecule has 3 N–H and O–H groups in total. The number of benzene rings is 1. The Balaban J connectivity index is 2.77. The van der Waals surface area contributed by atoms with Crippen LogP contribution in [0.5, 0.6) is 0 Å². The van der Waals surface area contributed by atoms with E-state index in [1.54, 1.807) is 13.8 Å². The molecule has 0 amide bonds. The normalized spacial score (nSPS) is 13.7. The van der Waals surface area contributed by atoms with Gasteiger partial charge in [0.05, 0.1) is 12.8 Å². The van der Waals surface area contributed by atoms with Gasteiger partial charge in [-0.15, -0.1) is 0 Å². The molecule has 0 aliphatic heterocycles. The molecule has 0 bridgehead atoms. The predicted octanol–water partition coefficient (Wildman–Crippen LogP) is 1.83. The minimum Gasteiger partial charge on any atom is -0.465 e. The molecule has 0 aliphatic carbocycles. The highest BCUT2D eigenvalue weighted by molar-refractivity contribution is 7.52. The molecule has 0 saturated heterocycles. The predicted molar refractivity (Wildman–Crippen MR) is 84.4 cm³/mol. The summed E-state index contributed by atoms with van der Waals surface area (Å²) in [5.41, 5.74) is 1.43. The van der Waals surface area contributed by atoms with Gasteiger partial charge in [0, 0.05) is 6.54 Å². The van der Waals surface area contributed by atoms with Gasteiger partial charge in [0.15, 0.2) is 0 Å². The molecule has 1 aromatic carbocycles. The first kappa shape index (κ1) is 18.6. The van der Waals surface area contributed by atoms with E-state index in [0.717, 1.165) is 5.56 Å². The topological polar surface area (TPSA) is 95.9 Å². The lowest BCUT2D eigenvalue weighted by Gasteiger charge is -2.15. The highest BCUT2D eigenvalue weighted by Crippen LogP contribution is 2.36. The number of hydrogen-bond donors (Lipinski definition) is 3. The number of hydrogen-bond acceptors (Lipinski definition) is 4. The maximum Gasteiger partial charge on any atom is 0.329 e. The maximum atomic E-state index is 11.9. The molecular formula is C15H22NO5P. The second kappa shape index (κ2) is 8.86. The molecule has 0 radical (unpaired) electrons. The van der Waals surface area contributed by atoms with Crippen LogP contribution in [-0.4, -0.2) is 34.6 Å². The zero-order valence-electron chi connectivity index (χ0n) is 12.7. The minimum atomic E-state index is -4.15. The number of rotatable bonds is 8. The molecule has 7 heteroatoms. The molecule has 1 aromatic rings. The van der Waals surface area contributed by atoms with E-state index in [9.17, 15) is 9.36 Å². The highest BCUT2D eigenvalue weighted by Gasteiger charge is 2.19. The summed E-state index contributed by atoms with van der Waals surface area (Å²) >= 11 is 0.